The second-order valence-electron chi connectivity index (χ2n) is 9.72. The molecule has 6 rings (SSSR count). The molecule has 2 fully saturated rings. The van der Waals surface area contributed by atoms with Crippen LogP contribution in [0.3, 0.4) is 0 Å². The van der Waals surface area contributed by atoms with E-state index < -0.39 is 0 Å². The van der Waals surface area contributed by atoms with Crippen molar-refractivity contribution in [2.24, 2.45) is 11.8 Å². The molecule has 8 heteroatoms. The standard InChI is InChI=1S/C28H28N6O2/c1-2-24(35)32-20-12-18-14-21(15-19(18)13-20)34-28-25(27(29)30-16-31-28)26(33-34)17-8-10-23(11-9-17)36-22-6-4-3-5-7-22/h2-11,16,18-21H,1,12-15H2,(H,32,35)(H2,29,30,31). The summed E-state index contributed by atoms with van der Waals surface area (Å²) in [6.07, 6.45) is 6.86. The number of benzene rings is 2. The van der Waals surface area contributed by atoms with Crippen LogP contribution in [0.15, 0.2) is 73.6 Å². The largest absolute Gasteiger partial charge is 0.457 e. The molecule has 8 nitrogen and oxygen atoms in total. The van der Waals surface area contributed by atoms with E-state index in [0.29, 0.717) is 17.7 Å². The van der Waals surface area contributed by atoms with E-state index in [2.05, 4.69) is 21.9 Å². The van der Waals surface area contributed by atoms with Crippen molar-refractivity contribution in [2.45, 2.75) is 37.8 Å². The molecule has 0 aliphatic heterocycles. The number of nitrogens with two attached hydrogens (primary N) is 1. The Bertz CT molecular complexity index is 1400. The summed E-state index contributed by atoms with van der Waals surface area (Å²) in [7, 11) is 0. The number of amides is 1. The number of carbonyl (C=O) groups is 1. The Labute approximate surface area is 209 Å². The van der Waals surface area contributed by atoms with Crippen LogP contribution in [0.5, 0.6) is 11.5 Å². The molecule has 4 aromatic rings. The van der Waals surface area contributed by atoms with E-state index in [4.69, 9.17) is 15.6 Å². The monoisotopic (exact) mass is 480 g/mol. The van der Waals surface area contributed by atoms with Gasteiger partial charge in [0.05, 0.1) is 11.4 Å². The lowest BCUT2D eigenvalue weighted by Crippen LogP contribution is -2.32. The molecule has 2 atom stereocenters. The van der Waals surface area contributed by atoms with Gasteiger partial charge in [0, 0.05) is 11.6 Å². The molecule has 0 spiro atoms. The third-order valence-electron chi connectivity index (χ3n) is 7.49. The fraction of sp³-hybridized carbons (Fsp3) is 0.286. The van der Waals surface area contributed by atoms with Crippen LogP contribution in [-0.2, 0) is 4.79 Å². The van der Waals surface area contributed by atoms with Gasteiger partial charge in [0.1, 0.15) is 29.3 Å². The smallest absolute Gasteiger partial charge is 0.243 e. The van der Waals surface area contributed by atoms with Crippen LogP contribution in [0.4, 0.5) is 5.82 Å². The number of hydrogen-bond donors (Lipinski definition) is 2. The van der Waals surface area contributed by atoms with Gasteiger partial charge in [0.15, 0.2) is 5.65 Å². The fourth-order valence-corrected chi connectivity index (χ4v) is 5.92. The number of para-hydroxylation sites is 1. The van der Waals surface area contributed by atoms with Gasteiger partial charge in [0.25, 0.3) is 0 Å². The van der Waals surface area contributed by atoms with Crippen molar-refractivity contribution in [1.82, 2.24) is 25.1 Å². The maximum Gasteiger partial charge on any atom is 0.243 e. The Hall–Kier alpha value is -4.20. The Morgan fingerprint density at radius 3 is 2.39 bits per heavy atom. The molecule has 2 heterocycles. The summed E-state index contributed by atoms with van der Waals surface area (Å²) in [4.78, 5) is 20.6. The molecular formula is C28H28N6O2. The molecule has 0 saturated heterocycles. The number of fused-ring (bicyclic) bond motifs is 2. The quantitative estimate of drug-likeness (QED) is 0.380. The average molecular weight is 481 g/mol. The molecule has 2 aromatic heterocycles. The van der Waals surface area contributed by atoms with Crippen molar-refractivity contribution in [3.05, 3.63) is 73.6 Å². The van der Waals surface area contributed by atoms with Gasteiger partial charge in [-0.3, -0.25) is 4.79 Å². The summed E-state index contributed by atoms with van der Waals surface area (Å²) in [5.41, 5.74) is 8.81. The number of carbonyl (C=O) groups excluding carboxylic acids is 1. The predicted molar refractivity (Wildman–Crippen MR) is 138 cm³/mol. The van der Waals surface area contributed by atoms with Crippen LogP contribution in [0.1, 0.15) is 31.7 Å². The van der Waals surface area contributed by atoms with Gasteiger partial charge in [-0.1, -0.05) is 24.8 Å². The van der Waals surface area contributed by atoms with Crippen LogP contribution >= 0.6 is 0 Å². The molecule has 2 aliphatic carbocycles. The summed E-state index contributed by atoms with van der Waals surface area (Å²) >= 11 is 0. The molecule has 3 N–H and O–H groups in total. The first-order valence-corrected chi connectivity index (χ1v) is 12.3. The summed E-state index contributed by atoms with van der Waals surface area (Å²) in [6, 6.07) is 18.0. The van der Waals surface area contributed by atoms with Crippen molar-refractivity contribution >= 4 is 22.8 Å². The zero-order valence-corrected chi connectivity index (χ0v) is 19.9. The molecule has 182 valence electrons. The number of hydrogen-bond acceptors (Lipinski definition) is 6. The maximum atomic E-state index is 11.7. The van der Waals surface area contributed by atoms with Crippen LogP contribution in [0.25, 0.3) is 22.3 Å². The normalized spacial score (nSPS) is 22.9. The molecule has 0 radical (unpaired) electrons. The van der Waals surface area contributed by atoms with Crippen molar-refractivity contribution in [2.75, 3.05) is 5.73 Å². The average Bonchev–Trinajstić information content (AvgIpc) is 3.57. The first-order chi connectivity index (χ1) is 17.6. The zero-order valence-electron chi connectivity index (χ0n) is 19.9. The van der Waals surface area contributed by atoms with Crippen LogP contribution in [-0.4, -0.2) is 31.7 Å². The number of ether oxygens (including phenoxy) is 1. The first-order valence-electron chi connectivity index (χ1n) is 12.3. The minimum atomic E-state index is -0.0911. The highest BCUT2D eigenvalue weighted by atomic mass is 16.5. The highest BCUT2D eigenvalue weighted by Crippen LogP contribution is 2.49. The van der Waals surface area contributed by atoms with Gasteiger partial charge in [-0.2, -0.15) is 5.10 Å². The number of nitrogens with one attached hydrogen (secondary N) is 1. The Morgan fingerprint density at radius 2 is 1.69 bits per heavy atom. The Kier molecular flexibility index (Phi) is 5.64. The van der Waals surface area contributed by atoms with Crippen LogP contribution in [0, 0.1) is 11.8 Å². The van der Waals surface area contributed by atoms with E-state index in [0.717, 1.165) is 59.5 Å². The lowest BCUT2D eigenvalue weighted by atomic mass is 10.0. The van der Waals surface area contributed by atoms with E-state index in [-0.39, 0.29) is 18.0 Å². The molecule has 1 amide bonds. The number of aromatic nitrogens is 4. The van der Waals surface area contributed by atoms with Crippen LogP contribution in [0.2, 0.25) is 0 Å². The second-order valence-corrected chi connectivity index (χ2v) is 9.72. The highest BCUT2D eigenvalue weighted by molar-refractivity contribution is 5.98. The predicted octanol–water partition coefficient (Wildman–Crippen LogP) is 4.90. The molecule has 36 heavy (non-hydrogen) atoms. The second kappa shape index (κ2) is 9.11. The van der Waals surface area contributed by atoms with Gasteiger partial charge < -0.3 is 15.8 Å². The van der Waals surface area contributed by atoms with E-state index in [1.54, 1.807) is 0 Å². The SMILES string of the molecule is C=CC(=O)NC1CC2CC(n3nc(-c4ccc(Oc5ccccc5)cc4)c4c(N)ncnc43)CC2C1. The van der Waals surface area contributed by atoms with Crippen LogP contribution < -0.4 is 15.8 Å². The van der Waals surface area contributed by atoms with Crippen molar-refractivity contribution in [3.8, 4) is 22.8 Å². The first kappa shape index (κ1) is 22.3. The van der Waals surface area contributed by atoms with Gasteiger partial charge in [-0.05, 0) is 80.0 Å². The van der Waals surface area contributed by atoms with Crippen molar-refractivity contribution in [3.63, 3.8) is 0 Å². The molecule has 2 saturated carbocycles. The summed E-state index contributed by atoms with van der Waals surface area (Å²) < 4.78 is 7.99. The Balaban J connectivity index is 1.26. The summed E-state index contributed by atoms with van der Waals surface area (Å²) in [5, 5.41) is 8.88. The van der Waals surface area contributed by atoms with Gasteiger partial charge in [0.2, 0.25) is 5.91 Å². The third kappa shape index (κ3) is 4.08. The molecule has 2 aliphatic rings. The number of anilines is 1. The van der Waals surface area contributed by atoms with Gasteiger partial charge in [-0.25, -0.2) is 14.6 Å². The molecule has 0 bridgehead atoms. The Morgan fingerprint density at radius 1 is 1.00 bits per heavy atom. The van der Waals surface area contributed by atoms with E-state index in [9.17, 15) is 4.79 Å². The molecule has 2 aromatic carbocycles. The fourth-order valence-electron chi connectivity index (χ4n) is 5.92. The van der Waals surface area contributed by atoms with E-state index in [1.165, 1.54) is 12.4 Å². The zero-order chi connectivity index (χ0) is 24.6. The topological polar surface area (TPSA) is 108 Å². The number of nitrogens with zero attached hydrogens (tertiary/aromatic N) is 4. The maximum absolute atomic E-state index is 11.7. The van der Waals surface area contributed by atoms with E-state index in [1.807, 2.05) is 59.3 Å². The van der Waals surface area contributed by atoms with E-state index >= 15 is 0 Å². The lowest BCUT2D eigenvalue weighted by Gasteiger charge is -2.16. The highest BCUT2D eigenvalue weighted by Gasteiger charge is 2.43. The van der Waals surface area contributed by atoms with Gasteiger partial charge in [-0.15, -0.1) is 0 Å². The minimum absolute atomic E-state index is 0.0911. The molecule has 2 unspecified atom stereocenters. The third-order valence-corrected chi connectivity index (χ3v) is 7.49. The number of nitrogen functional groups attached to an aromatic ring is 1. The molecular weight excluding hydrogens is 452 g/mol. The lowest BCUT2D eigenvalue weighted by molar-refractivity contribution is -0.117. The van der Waals surface area contributed by atoms with Crippen molar-refractivity contribution in [1.29, 1.82) is 0 Å². The number of rotatable bonds is 6. The van der Waals surface area contributed by atoms with Gasteiger partial charge >= 0.3 is 0 Å². The minimum Gasteiger partial charge on any atom is -0.457 e. The summed E-state index contributed by atoms with van der Waals surface area (Å²) in [6.45, 7) is 3.56. The van der Waals surface area contributed by atoms with Crippen molar-refractivity contribution < 1.29 is 9.53 Å². The summed E-state index contributed by atoms with van der Waals surface area (Å²) in [5.74, 6) is 2.99.